The molecule has 4 aromatic rings. The van der Waals surface area contributed by atoms with Gasteiger partial charge in [-0.15, -0.1) is 0 Å². The first kappa shape index (κ1) is 23.2. The molecular weight excluding hydrogens is 446 g/mol. The van der Waals surface area contributed by atoms with Gasteiger partial charge in [0.1, 0.15) is 17.7 Å². The fourth-order valence-corrected chi connectivity index (χ4v) is 3.58. The molecule has 9 nitrogen and oxygen atoms in total. The first-order valence-corrected chi connectivity index (χ1v) is 10.4. The van der Waals surface area contributed by atoms with Crippen molar-refractivity contribution in [3.63, 3.8) is 0 Å². The Morgan fingerprint density at radius 1 is 1.18 bits per heavy atom. The molecule has 3 N–H and O–H groups in total. The van der Waals surface area contributed by atoms with Crippen molar-refractivity contribution in [2.45, 2.75) is 18.7 Å². The summed E-state index contributed by atoms with van der Waals surface area (Å²) in [6.07, 6.45) is 2.23. The molecule has 176 valence electrons. The van der Waals surface area contributed by atoms with Gasteiger partial charge in [-0.3, -0.25) is 9.89 Å². The topological polar surface area (TPSA) is 118 Å². The smallest absolute Gasteiger partial charge is 0.252 e. The SMILES string of the molecule is CO[C@H](CO)C(Cn1nccn1)NC(=O)c1cccc(F)c1-c1cc(-c2ccc(F)cc2)[nH]n1. The molecule has 0 bridgehead atoms. The van der Waals surface area contributed by atoms with E-state index in [1.807, 2.05) is 0 Å². The van der Waals surface area contributed by atoms with Crippen LogP contribution in [0.2, 0.25) is 0 Å². The van der Waals surface area contributed by atoms with Crippen LogP contribution >= 0.6 is 0 Å². The molecule has 0 aliphatic heterocycles. The number of aromatic nitrogens is 5. The molecule has 0 spiro atoms. The van der Waals surface area contributed by atoms with Gasteiger partial charge in [-0.1, -0.05) is 6.07 Å². The van der Waals surface area contributed by atoms with Crippen molar-refractivity contribution >= 4 is 5.91 Å². The van der Waals surface area contributed by atoms with Crippen molar-refractivity contribution in [1.29, 1.82) is 0 Å². The Hall–Kier alpha value is -3.96. The molecule has 2 heterocycles. The second kappa shape index (κ2) is 10.3. The van der Waals surface area contributed by atoms with Crippen molar-refractivity contribution in [3.05, 3.63) is 78.1 Å². The fraction of sp³-hybridized carbons (Fsp3) is 0.217. The second-order valence-electron chi connectivity index (χ2n) is 7.46. The van der Waals surface area contributed by atoms with Gasteiger partial charge in [0.25, 0.3) is 5.91 Å². The lowest BCUT2D eigenvalue weighted by Crippen LogP contribution is -2.48. The minimum absolute atomic E-state index is 0.00135. The van der Waals surface area contributed by atoms with Gasteiger partial charge in [-0.25, -0.2) is 8.78 Å². The standard InChI is InChI=1S/C23H22F2N6O3/c1-34-21(13-32)20(12-31-26-9-10-27-31)28-23(33)16-3-2-4-17(25)22(16)19-11-18(29-30-19)14-5-7-15(24)8-6-14/h2-11,20-21,32H,12-13H2,1H3,(H,28,33)(H,29,30)/t20?,21-/m1/s1. The van der Waals surface area contributed by atoms with Gasteiger partial charge < -0.3 is 15.2 Å². The number of aromatic amines is 1. The predicted octanol–water partition coefficient (Wildman–Crippen LogP) is 2.42. The number of carbonyl (C=O) groups excluding carboxylic acids is 1. The fourth-order valence-electron chi connectivity index (χ4n) is 3.58. The van der Waals surface area contributed by atoms with Crippen molar-refractivity contribution < 1.29 is 23.4 Å². The monoisotopic (exact) mass is 468 g/mol. The summed E-state index contributed by atoms with van der Waals surface area (Å²) in [5.74, 6) is -1.61. The minimum atomic E-state index is -0.748. The number of H-pyrrole nitrogens is 1. The first-order chi connectivity index (χ1) is 16.5. The number of nitrogens with zero attached hydrogens (tertiary/aromatic N) is 4. The van der Waals surface area contributed by atoms with E-state index < -0.39 is 23.9 Å². The lowest BCUT2D eigenvalue weighted by molar-refractivity contribution is 0.0157. The number of ether oxygens (including phenoxy) is 1. The van der Waals surface area contributed by atoms with E-state index in [9.17, 15) is 18.7 Å². The summed E-state index contributed by atoms with van der Waals surface area (Å²) in [4.78, 5) is 14.6. The van der Waals surface area contributed by atoms with E-state index in [4.69, 9.17) is 4.74 Å². The van der Waals surface area contributed by atoms with Crippen LogP contribution in [0, 0.1) is 11.6 Å². The summed E-state index contributed by atoms with van der Waals surface area (Å²) < 4.78 is 33.5. The number of halogens is 2. The van der Waals surface area contributed by atoms with Crippen LogP contribution in [0.25, 0.3) is 22.5 Å². The number of benzene rings is 2. The summed E-state index contributed by atoms with van der Waals surface area (Å²) in [6, 6.07) is 10.7. The van der Waals surface area contributed by atoms with Crippen LogP contribution in [0.4, 0.5) is 8.78 Å². The molecule has 2 aromatic carbocycles. The number of hydrogen-bond donors (Lipinski definition) is 3. The van der Waals surface area contributed by atoms with Crippen LogP contribution in [0.5, 0.6) is 0 Å². The van der Waals surface area contributed by atoms with Gasteiger partial charge in [0.05, 0.1) is 54.1 Å². The highest BCUT2D eigenvalue weighted by Crippen LogP contribution is 2.29. The lowest BCUT2D eigenvalue weighted by Gasteiger charge is -2.25. The molecule has 2 atom stereocenters. The predicted molar refractivity (Wildman–Crippen MR) is 119 cm³/mol. The Labute approximate surface area is 193 Å². The summed E-state index contributed by atoms with van der Waals surface area (Å²) >= 11 is 0. The second-order valence-corrected chi connectivity index (χ2v) is 7.46. The molecule has 1 amide bonds. The van der Waals surface area contributed by atoms with Crippen molar-refractivity contribution in [2.24, 2.45) is 0 Å². The third kappa shape index (κ3) is 5.00. The molecule has 4 rings (SSSR count). The molecule has 34 heavy (non-hydrogen) atoms. The Morgan fingerprint density at radius 2 is 1.91 bits per heavy atom. The van der Waals surface area contributed by atoms with E-state index in [1.165, 1.54) is 54.6 Å². The van der Waals surface area contributed by atoms with Gasteiger partial charge in [0.2, 0.25) is 0 Å². The van der Waals surface area contributed by atoms with Gasteiger partial charge in [0.15, 0.2) is 0 Å². The summed E-state index contributed by atoms with van der Waals surface area (Å²) in [5, 5.41) is 27.5. The Balaban J connectivity index is 1.64. The maximum absolute atomic E-state index is 14.9. The third-order valence-corrected chi connectivity index (χ3v) is 5.32. The largest absolute Gasteiger partial charge is 0.394 e. The van der Waals surface area contributed by atoms with E-state index in [0.717, 1.165) is 0 Å². The van der Waals surface area contributed by atoms with Gasteiger partial charge in [-0.05, 0) is 48.0 Å². The average molecular weight is 468 g/mol. The number of aliphatic hydroxyl groups is 1. The van der Waals surface area contributed by atoms with Crippen LogP contribution in [0.3, 0.4) is 0 Å². The summed E-state index contributed by atoms with van der Waals surface area (Å²) in [6.45, 7) is -0.237. The number of rotatable bonds is 9. The Kier molecular flexibility index (Phi) is 7.04. The molecule has 0 saturated carbocycles. The highest BCUT2D eigenvalue weighted by Gasteiger charge is 2.27. The normalized spacial score (nSPS) is 12.9. The number of aliphatic hydroxyl groups excluding tert-OH is 1. The van der Waals surface area contributed by atoms with Crippen LogP contribution in [0.15, 0.2) is 60.9 Å². The van der Waals surface area contributed by atoms with Crippen LogP contribution in [-0.2, 0) is 11.3 Å². The van der Waals surface area contributed by atoms with Gasteiger partial charge in [0, 0.05) is 7.11 Å². The maximum atomic E-state index is 14.9. The molecule has 1 unspecified atom stereocenters. The quantitative estimate of drug-likeness (QED) is 0.347. The zero-order valence-electron chi connectivity index (χ0n) is 18.2. The lowest BCUT2D eigenvalue weighted by atomic mass is 10.0. The molecule has 0 saturated heterocycles. The van der Waals surface area contributed by atoms with Crippen LogP contribution < -0.4 is 5.32 Å². The van der Waals surface area contributed by atoms with Crippen LogP contribution in [0.1, 0.15) is 10.4 Å². The summed E-state index contributed by atoms with van der Waals surface area (Å²) in [5.41, 5.74) is 1.44. The van der Waals surface area contributed by atoms with E-state index in [2.05, 4.69) is 25.7 Å². The van der Waals surface area contributed by atoms with E-state index >= 15 is 0 Å². The highest BCUT2D eigenvalue weighted by atomic mass is 19.1. The minimum Gasteiger partial charge on any atom is -0.394 e. The third-order valence-electron chi connectivity index (χ3n) is 5.32. The first-order valence-electron chi connectivity index (χ1n) is 10.4. The van der Waals surface area contributed by atoms with E-state index in [1.54, 1.807) is 18.2 Å². The highest BCUT2D eigenvalue weighted by molar-refractivity contribution is 6.01. The molecule has 0 aliphatic rings. The van der Waals surface area contributed by atoms with Gasteiger partial charge in [-0.2, -0.15) is 20.1 Å². The number of amides is 1. The molecular formula is C23H22F2N6O3. The Bertz CT molecular complexity index is 1240. The van der Waals surface area contributed by atoms with Crippen molar-refractivity contribution in [1.82, 2.24) is 30.5 Å². The maximum Gasteiger partial charge on any atom is 0.252 e. The van der Waals surface area contributed by atoms with Crippen LogP contribution in [-0.4, -0.2) is 62.1 Å². The number of methoxy groups -OCH3 is 1. The number of nitrogens with one attached hydrogen (secondary N) is 2. The van der Waals surface area contributed by atoms with Gasteiger partial charge >= 0.3 is 0 Å². The molecule has 0 fully saturated rings. The number of hydrogen-bond acceptors (Lipinski definition) is 6. The van der Waals surface area contributed by atoms with Crippen molar-refractivity contribution in [2.75, 3.05) is 13.7 Å². The van der Waals surface area contributed by atoms with E-state index in [0.29, 0.717) is 11.3 Å². The average Bonchev–Trinajstić information content (AvgIpc) is 3.52. The van der Waals surface area contributed by atoms with E-state index in [-0.39, 0.29) is 35.8 Å². The molecule has 0 radical (unpaired) electrons. The zero-order valence-corrected chi connectivity index (χ0v) is 18.2. The summed E-state index contributed by atoms with van der Waals surface area (Å²) in [7, 11) is 1.41. The molecule has 11 heteroatoms. The van der Waals surface area contributed by atoms with Crippen molar-refractivity contribution in [3.8, 4) is 22.5 Å². The Morgan fingerprint density at radius 3 is 2.59 bits per heavy atom. The molecule has 0 aliphatic carbocycles. The number of carbonyl (C=O) groups is 1. The zero-order chi connectivity index (χ0) is 24.1. The molecule has 2 aromatic heterocycles.